The standard InChI is InChI=1S/C21H21ClN2O3/c1-26-19-11-18(20(27-2)10-15(19)22)24-21(25)12-7-8-17-14(9-12)13-5-3-4-6-16(13)23-17/h3-6,10-12,23H,7-9H2,1-2H3,(H,24,25). The molecule has 3 aromatic rings. The number of carbonyl (C=O) groups excluding carboxylic acids is 1. The number of hydrogen-bond donors (Lipinski definition) is 2. The Morgan fingerprint density at radius 1 is 1.19 bits per heavy atom. The molecule has 0 saturated carbocycles. The number of halogens is 1. The summed E-state index contributed by atoms with van der Waals surface area (Å²) in [5, 5.41) is 4.63. The highest BCUT2D eigenvalue weighted by Crippen LogP contribution is 2.37. The van der Waals surface area contributed by atoms with Crippen LogP contribution in [0.25, 0.3) is 10.9 Å². The molecule has 140 valence electrons. The Morgan fingerprint density at radius 3 is 2.74 bits per heavy atom. The fraction of sp³-hybridized carbons (Fsp3) is 0.286. The van der Waals surface area contributed by atoms with Gasteiger partial charge in [-0.25, -0.2) is 0 Å². The first-order chi connectivity index (χ1) is 13.1. The summed E-state index contributed by atoms with van der Waals surface area (Å²) in [7, 11) is 3.09. The molecular weight excluding hydrogens is 364 g/mol. The first-order valence-electron chi connectivity index (χ1n) is 8.91. The highest BCUT2D eigenvalue weighted by molar-refractivity contribution is 6.32. The van der Waals surface area contributed by atoms with Gasteiger partial charge in [0.2, 0.25) is 5.91 Å². The molecule has 1 heterocycles. The average Bonchev–Trinajstić information content (AvgIpc) is 3.06. The number of nitrogens with one attached hydrogen (secondary N) is 2. The van der Waals surface area contributed by atoms with E-state index in [0.717, 1.165) is 24.8 Å². The second-order valence-electron chi connectivity index (χ2n) is 6.74. The van der Waals surface area contributed by atoms with Gasteiger partial charge < -0.3 is 19.8 Å². The molecule has 4 rings (SSSR count). The second kappa shape index (κ2) is 7.16. The molecule has 0 spiro atoms. The van der Waals surface area contributed by atoms with E-state index in [0.29, 0.717) is 22.2 Å². The lowest BCUT2D eigenvalue weighted by Crippen LogP contribution is -2.28. The van der Waals surface area contributed by atoms with Crippen LogP contribution in [0.2, 0.25) is 5.02 Å². The lowest BCUT2D eigenvalue weighted by Gasteiger charge is -2.22. The molecule has 0 bridgehead atoms. The summed E-state index contributed by atoms with van der Waals surface area (Å²) in [5.74, 6) is 0.893. The van der Waals surface area contributed by atoms with Crippen molar-refractivity contribution in [3.8, 4) is 11.5 Å². The number of methoxy groups -OCH3 is 2. The third-order valence-electron chi connectivity index (χ3n) is 5.20. The van der Waals surface area contributed by atoms with Gasteiger partial charge in [-0.2, -0.15) is 0 Å². The minimum atomic E-state index is -0.0944. The lowest BCUT2D eigenvalue weighted by atomic mass is 9.85. The molecule has 1 aromatic heterocycles. The molecule has 1 aliphatic carbocycles. The van der Waals surface area contributed by atoms with Crippen molar-refractivity contribution < 1.29 is 14.3 Å². The molecule has 0 aliphatic heterocycles. The predicted octanol–water partition coefficient (Wildman–Crippen LogP) is 4.58. The quantitative estimate of drug-likeness (QED) is 0.691. The van der Waals surface area contributed by atoms with Crippen molar-refractivity contribution in [2.75, 3.05) is 19.5 Å². The van der Waals surface area contributed by atoms with Crippen LogP contribution >= 0.6 is 11.6 Å². The summed E-state index contributed by atoms with van der Waals surface area (Å²) in [6.45, 7) is 0. The smallest absolute Gasteiger partial charge is 0.227 e. The molecule has 2 aromatic carbocycles. The number of aromatic nitrogens is 1. The maximum Gasteiger partial charge on any atom is 0.227 e. The van der Waals surface area contributed by atoms with Gasteiger partial charge in [-0.15, -0.1) is 0 Å². The molecule has 0 radical (unpaired) electrons. The van der Waals surface area contributed by atoms with Crippen molar-refractivity contribution in [1.29, 1.82) is 0 Å². The largest absolute Gasteiger partial charge is 0.495 e. The zero-order chi connectivity index (χ0) is 19.0. The van der Waals surface area contributed by atoms with Gasteiger partial charge in [-0.3, -0.25) is 4.79 Å². The molecule has 5 nitrogen and oxygen atoms in total. The Labute approximate surface area is 162 Å². The van der Waals surface area contributed by atoms with Crippen molar-refractivity contribution in [3.05, 3.63) is 52.7 Å². The Hall–Kier alpha value is -2.66. The van der Waals surface area contributed by atoms with Gasteiger partial charge in [-0.1, -0.05) is 29.8 Å². The number of fused-ring (bicyclic) bond motifs is 3. The number of H-pyrrole nitrogens is 1. The minimum absolute atomic E-state index is 0.0198. The molecule has 0 fully saturated rings. The SMILES string of the molecule is COc1cc(NC(=O)C2CCc3[nH]c4ccccc4c3C2)c(OC)cc1Cl. The normalized spacial score (nSPS) is 16.0. The van der Waals surface area contributed by atoms with Gasteiger partial charge in [0.25, 0.3) is 0 Å². The fourth-order valence-corrected chi connectivity index (χ4v) is 4.02. The van der Waals surface area contributed by atoms with Crippen molar-refractivity contribution >= 4 is 34.1 Å². The van der Waals surface area contributed by atoms with Gasteiger partial charge in [-0.05, 0) is 30.9 Å². The molecule has 1 amide bonds. The van der Waals surface area contributed by atoms with Crippen LogP contribution in [0.4, 0.5) is 5.69 Å². The number of para-hydroxylation sites is 1. The third-order valence-corrected chi connectivity index (χ3v) is 5.49. The van der Waals surface area contributed by atoms with Crippen molar-refractivity contribution in [2.45, 2.75) is 19.3 Å². The van der Waals surface area contributed by atoms with E-state index in [1.807, 2.05) is 12.1 Å². The highest BCUT2D eigenvalue weighted by atomic mass is 35.5. The van der Waals surface area contributed by atoms with E-state index >= 15 is 0 Å². The number of carbonyl (C=O) groups is 1. The maximum absolute atomic E-state index is 12.9. The lowest BCUT2D eigenvalue weighted by molar-refractivity contribution is -0.120. The Kier molecular flexibility index (Phi) is 4.70. The van der Waals surface area contributed by atoms with Crippen LogP contribution in [-0.4, -0.2) is 25.1 Å². The molecule has 27 heavy (non-hydrogen) atoms. The molecule has 1 aliphatic rings. The van der Waals surface area contributed by atoms with E-state index < -0.39 is 0 Å². The maximum atomic E-state index is 12.9. The predicted molar refractivity (Wildman–Crippen MR) is 107 cm³/mol. The summed E-state index contributed by atoms with van der Waals surface area (Å²) >= 11 is 6.14. The number of aromatic amines is 1. The van der Waals surface area contributed by atoms with E-state index in [1.54, 1.807) is 26.4 Å². The number of benzene rings is 2. The van der Waals surface area contributed by atoms with E-state index in [2.05, 4.69) is 22.4 Å². The van der Waals surface area contributed by atoms with Gasteiger partial charge in [0.05, 0.1) is 24.9 Å². The Morgan fingerprint density at radius 2 is 1.96 bits per heavy atom. The Bertz CT molecular complexity index is 1010. The number of aryl methyl sites for hydroxylation is 1. The first kappa shape index (κ1) is 17.7. The molecule has 2 N–H and O–H groups in total. The number of rotatable bonds is 4. The number of anilines is 1. The van der Waals surface area contributed by atoms with Gasteiger partial charge in [0, 0.05) is 34.6 Å². The zero-order valence-corrected chi connectivity index (χ0v) is 16.0. The minimum Gasteiger partial charge on any atom is -0.495 e. The van der Waals surface area contributed by atoms with Crippen LogP contribution in [0.15, 0.2) is 36.4 Å². The molecular formula is C21H21ClN2O3. The van der Waals surface area contributed by atoms with Gasteiger partial charge >= 0.3 is 0 Å². The average molecular weight is 385 g/mol. The fourth-order valence-electron chi connectivity index (χ4n) is 3.79. The first-order valence-corrected chi connectivity index (χ1v) is 9.29. The summed E-state index contributed by atoms with van der Waals surface area (Å²) < 4.78 is 10.6. The monoisotopic (exact) mass is 384 g/mol. The second-order valence-corrected chi connectivity index (χ2v) is 7.15. The topological polar surface area (TPSA) is 63.3 Å². The zero-order valence-electron chi connectivity index (χ0n) is 15.3. The number of ether oxygens (including phenoxy) is 2. The Balaban J connectivity index is 1.58. The molecule has 0 saturated heterocycles. The summed E-state index contributed by atoms with van der Waals surface area (Å²) in [4.78, 5) is 16.4. The molecule has 6 heteroatoms. The van der Waals surface area contributed by atoms with E-state index in [1.165, 1.54) is 16.6 Å². The summed E-state index contributed by atoms with van der Waals surface area (Å²) in [6.07, 6.45) is 2.39. The van der Waals surface area contributed by atoms with Crippen molar-refractivity contribution in [1.82, 2.24) is 4.98 Å². The third kappa shape index (κ3) is 3.23. The summed E-state index contributed by atoms with van der Waals surface area (Å²) in [5.41, 5.74) is 4.18. The van der Waals surface area contributed by atoms with Crippen LogP contribution in [0, 0.1) is 5.92 Å². The van der Waals surface area contributed by atoms with Crippen LogP contribution in [0.5, 0.6) is 11.5 Å². The number of amides is 1. The van der Waals surface area contributed by atoms with Gasteiger partial charge in [0.1, 0.15) is 11.5 Å². The van der Waals surface area contributed by atoms with Crippen LogP contribution in [0.3, 0.4) is 0 Å². The van der Waals surface area contributed by atoms with E-state index in [-0.39, 0.29) is 11.8 Å². The van der Waals surface area contributed by atoms with Crippen molar-refractivity contribution in [3.63, 3.8) is 0 Å². The summed E-state index contributed by atoms with van der Waals surface area (Å²) in [6, 6.07) is 11.6. The van der Waals surface area contributed by atoms with E-state index in [9.17, 15) is 4.79 Å². The van der Waals surface area contributed by atoms with Gasteiger partial charge in [0.15, 0.2) is 0 Å². The van der Waals surface area contributed by atoms with Crippen LogP contribution < -0.4 is 14.8 Å². The van der Waals surface area contributed by atoms with E-state index in [4.69, 9.17) is 21.1 Å². The van der Waals surface area contributed by atoms with Crippen molar-refractivity contribution in [2.24, 2.45) is 5.92 Å². The molecule has 1 unspecified atom stereocenters. The van der Waals surface area contributed by atoms with Crippen LogP contribution in [-0.2, 0) is 17.6 Å². The number of hydrogen-bond acceptors (Lipinski definition) is 3. The van der Waals surface area contributed by atoms with Crippen LogP contribution in [0.1, 0.15) is 17.7 Å². The highest BCUT2D eigenvalue weighted by Gasteiger charge is 2.28. The molecule has 1 atom stereocenters.